The molecular weight excluding hydrogens is 420 g/mol. The Morgan fingerprint density at radius 1 is 1.32 bits per heavy atom. The van der Waals surface area contributed by atoms with Crippen molar-refractivity contribution in [3.8, 4) is 0 Å². The van der Waals surface area contributed by atoms with E-state index in [-0.39, 0.29) is 28.5 Å². The Morgan fingerprint density at radius 3 is 2.61 bits per heavy atom. The Balaban J connectivity index is 1.96. The highest BCUT2D eigenvalue weighted by Gasteiger charge is 2.43. The second kappa shape index (κ2) is 7.69. The monoisotopic (exact) mass is 438 g/mol. The molecule has 6 nitrogen and oxygen atoms in total. The summed E-state index contributed by atoms with van der Waals surface area (Å²) in [6.45, 7) is 7.55. The van der Waals surface area contributed by atoms with E-state index in [0.29, 0.717) is 10.9 Å². The van der Waals surface area contributed by atoms with Gasteiger partial charge in [-0.25, -0.2) is 12.7 Å². The standard InChI is InChI=1S/C19H19ClN2O4S2/c1-4-9-21(11-14-6-8-17(20)27-14)18(23)13-5-7-15-16(10-13)28(25,26)22(12(2)3)19(15)24/h4-8,10,12H,1,9,11H2,2-3H3. The van der Waals surface area contributed by atoms with E-state index in [1.54, 1.807) is 30.9 Å². The minimum absolute atomic E-state index is 0.0885. The second-order valence-corrected chi connectivity index (χ2v) is 10.2. The number of hydrogen-bond acceptors (Lipinski definition) is 5. The molecule has 1 aromatic heterocycles. The van der Waals surface area contributed by atoms with Gasteiger partial charge in [0.1, 0.15) is 4.90 Å². The second-order valence-electron chi connectivity index (χ2n) is 6.59. The lowest BCUT2D eigenvalue weighted by Crippen LogP contribution is -2.36. The van der Waals surface area contributed by atoms with Crippen molar-refractivity contribution in [3.05, 3.63) is 63.3 Å². The van der Waals surface area contributed by atoms with E-state index in [4.69, 9.17) is 11.6 Å². The van der Waals surface area contributed by atoms with Crippen LogP contribution >= 0.6 is 22.9 Å². The smallest absolute Gasteiger partial charge is 0.269 e. The number of hydrogen-bond donors (Lipinski definition) is 0. The molecule has 0 N–H and O–H groups in total. The summed E-state index contributed by atoms with van der Waals surface area (Å²) in [5, 5.41) is 0. The Bertz CT molecular complexity index is 1060. The first-order chi connectivity index (χ1) is 13.2. The lowest BCUT2D eigenvalue weighted by atomic mass is 10.1. The molecule has 0 aliphatic carbocycles. The van der Waals surface area contributed by atoms with E-state index in [1.807, 2.05) is 6.07 Å². The molecule has 2 heterocycles. The van der Waals surface area contributed by atoms with Gasteiger partial charge in [0.15, 0.2) is 0 Å². The third-order valence-electron chi connectivity index (χ3n) is 4.28. The third-order valence-corrected chi connectivity index (χ3v) is 7.49. The average molecular weight is 439 g/mol. The Morgan fingerprint density at radius 2 is 2.04 bits per heavy atom. The summed E-state index contributed by atoms with van der Waals surface area (Å²) in [6, 6.07) is 7.25. The summed E-state index contributed by atoms with van der Waals surface area (Å²) in [4.78, 5) is 27.8. The van der Waals surface area contributed by atoms with Crippen molar-refractivity contribution in [3.63, 3.8) is 0 Å². The first-order valence-electron chi connectivity index (χ1n) is 8.54. The lowest BCUT2D eigenvalue weighted by Gasteiger charge is -2.21. The van der Waals surface area contributed by atoms with Gasteiger partial charge in [-0.3, -0.25) is 9.59 Å². The van der Waals surface area contributed by atoms with E-state index in [2.05, 4.69) is 6.58 Å². The van der Waals surface area contributed by atoms with E-state index in [0.717, 1.165) is 9.18 Å². The molecule has 2 aromatic rings. The maximum Gasteiger partial charge on any atom is 0.269 e. The molecule has 9 heteroatoms. The number of sulfonamides is 1. The summed E-state index contributed by atoms with van der Waals surface area (Å²) in [5.41, 5.74) is 0.288. The molecule has 0 saturated heterocycles. The predicted molar refractivity (Wildman–Crippen MR) is 109 cm³/mol. The topological polar surface area (TPSA) is 74.8 Å². The van der Waals surface area contributed by atoms with Crippen LogP contribution in [0.2, 0.25) is 4.34 Å². The molecule has 3 rings (SSSR count). The summed E-state index contributed by atoms with van der Waals surface area (Å²) in [5.74, 6) is -0.918. The number of amides is 2. The highest BCUT2D eigenvalue weighted by molar-refractivity contribution is 7.90. The van der Waals surface area contributed by atoms with E-state index in [9.17, 15) is 18.0 Å². The number of fused-ring (bicyclic) bond motifs is 1. The molecule has 0 unspecified atom stereocenters. The largest absolute Gasteiger partial charge is 0.330 e. The third kappa shape index (κ3) is 3.59. The van der Waals surface area contributed by atoms with Crippen LogP contribution in [0.25, 0.3) is 0 Å². The van der Waals surface area contributed by atoms with Crippen LogP contribution in [0.3, 0.4) is 0 Å². The van der Waals surface area contributed by atoms with Crippen LogP contribution in [0.15, 0.2) is 47.9 Å². The molecule has 0 saturated carbocycles. The van der Waals surface area contributed by atoms with E-state index < -0.39 is 22.0 Å². The minimum Gasteiger partial charge on any atom is -0.330 e. The normalized spacial score (nSPS) is 15.0. The van der Waals surface area contributed by atoms with Gasteiger partial charge in [0, 0.05) is 23.0 Å². The van der Waals surface area contributed by atoms with Gasteiger partial charge < -0.3 is 4.90 Å². The SMILES string of the molecule is C=CCN(Cc1ccc(Cl)s1)C(=O)c1ccc2c(c1)S(=O)(=O)N(C(C)C)C2=O. The molecular formula is C19H19ClN2O4S2. The summed E-state index contributed by atoms with van der Waals surface area (Å²) in [7, 11) is -3.97. The van der Waals surface area contributed by atoms with Crippen molar-refractivity contribution in [2.45, 2.75) is 31.3 Å². The zero-order valence-corrected chi connectivity index (χ0v) is 17.8. The number of carbonyl (C=O) groups excluding carboxylic acids is 2. The zero-order chi connectivity index (χ0) is 20.6. The van der Waals surface area contributed by atoms with E-state index in [1.165, 1.54) is 29.5 Å². The van der Waals surface area contributed by atoms with Crippen LogP contribution in [-0.4, -0.2) is 42.0 Å². The van der Waals surface area contributed by atoms with Crippen molar-refractivity contribution < 1.29 is 18.0 Å². The fourth-order valence-electron chi connectivity index (χ4n) is 3.07. The van der Waals surface area contributed by atoms with Crippen LogP contribution in [0, 0.1) is 0 Å². The van der Waals surface area contributed by atoms with Gasteiger partial charge in [-0.15, -0.1) is 17.9 Å². The minimum atomic E-state index is -3.97. The lowest BCUT2D eigenvalue weighted by molar-refractivity contribution is 0.0762. The Hall–Kier alpha value is -2.16. The summed E-state index contributed by atoms with van der Waals surface area (Å²) >= 11 is 7.33. The first-order valence-corrected chi connectivity index (χ1v) is 11.2. The fourth-order valence-corrected chi connectivity index (χ4v) is 5.97. The van der Waals surface area contributed by atoms with E-state index >= 15 is 0 Å². The molecule has 0 radical (unpaired) electrons. The molecule has 0 bridgehead atoms. The number of halogens is 1. The van der Waals surface area contributed by atoms with Gasteiger partial charge in [0.25, 0.3) is 21.8 Å². The number of thiophene rings is 1. The Kier molecular flexibility index (Phi) is 5.65. The molecule has 2 amide bonds. The van der Waals surface area contributed by atoms with Crippen LogP contribution in [0.1, 0.15) is 39.4 Å². The molecule has 0 fully saturated rings. The van der Waals surface area contributed by atoms with Crippen LogP contribution in [-0.2, 0) is 16.6 Å². The van der Waals surface area contributed by atoms with Crippen molar-refractivity contribution in [2.75, 3.05) is 6.54 Å². The number of nitrogens with zero attached hydrogens (tertiary/aromatic N) is 2. The van der Waals surface area contributed by atoms with Gasteiger partial charge in [-0.1, -0.05) is 17.7 Å². The highest BCUT2D eigenvalue weighted by atomic mass is 35.5. The summed E-state index contributed by atoms with van der Waals surface area (Å²) in [6.07, 6.45) is 1.60. The van der Waals surface area contributed by atoms with Gasteiger partial charge in [-0.05, 0) is 44.2 Å². The maximum atomic E-state index is 13.0. The number of rotatable bonds is 6. The molecule has 0 spiro atoms. The average Bonchev–Trinajstić information content (AvgIpc) is 3.12. The van der Waals surface area contributed by atoms with Gasteiger partial charge >= 0.3 is 0 Å². The maximum absolute atomic E-state index is 13.0. The quantitative estimate of drug-likeness (QED) is 0.643. The van der Waals surface area contributed by atoms with Crippen molar-refractivity contribution in [1.29, 1.82) is 0 Å². The Labute approximate surface area is 173 Å². The first kappa shape index (κ1) is 20.6. The highest BCUT2D eigenvalue weighted by Crippen LogP contribution is 2.33. The van der Waals surface area contributed by atoms with Crippen molar-refractivity contribution in [2.24, 2.45) is 0 Å². The van der Waals surface area contributed by atoms with Crippen LogP contribution in [0.4, 0.5) is 0 Å². The number of benzene rings is 1. The molecule has 28 heavy (non-hydrogen) atoms. The molecule has 1 aromatic carbocycles. The van der Waals surface area contributed by atoms with Crippen LogP contribution in [0.5, 0.6) is 0 Å². The summed E-state index contributed by atoms with van der Waals surface area (Å²) < 4.78 is 27.0. The van der Waals surface area contributed by atoms with Gasteiger partial charge in [0.05, 0.1) is 16.4 Å². The number of carbonyl (C=O) groups is 2. The predicted octanol–water partition coefficient (Wildman–Crippen LogP) is 3.78. The van der Waals surface area contributed by atoms with Gasteiger partial charge in [-0.2, -0.15) is 0 Å². The fraction of sp³-hybridized carbons (Fsp3) is 0.263. The van der Waals surface area contributed by atoms with Gasteiger partial charge in [0.2, 0.25) is 0 Å². The molecule has 0 atom stereocenters. The zero-order valence-electron chi connectivity index (χ0n) is 15.4. The van der Waals surface area contributed by atoms with Crippen LogP contribution < -0.4 is 0 Å². The molecule has 148 valence electrons. The van der Waals surface area contributed by atoms with Crippen molar-refractivity contribution >= 4 is 44.8 Å². The van der Waals surface area contributed by atoms with Crippen molar-refractivity contribution in [1.82, 2.24) is 9.21 Å². The molecule has 1 aliphatic heterocycles. The molecule has 1 aliphatic rings.